The van der Waals surface area contributed by atoms with Crippen molar-refractivity contribution in [3.63, 3.8) is 0 Å². The first-order valence-corrected chi connectivity index (χ1v) is 12.5. The van der Waals surface area contributed by atoms with Crippen molar-refractivity contribution < 1.29 is 23.2 Å². The standard InChI is InChI=1S/C26H33F2N5O3/c1-15-6-3-4-11-33(15)22(34)13-19(26(25(29)36)9-5-10-26)24(35)31-16(2)23-30-14-21(32-23)18-8-7-17(27)12-20(18)28/h7-8,12,14-16,19H,3-6,9-11,13H2,1-2H3,(H2,29,36)(H,30,32)(H,31,35)/t15-,16-,19+/m0/s1. The molecule has 1 aliphatic carbocycles. The number of hydrogen-bond donors (Lipinski definition) is 3. The Hall–Kier alpha value is -3.30. The molecule has 4 N–H and O–H groups in total. The van der Waals surface area contributed by atoms with Gasteiger partial charge in [-0.25, -0.2) is 13.8 Å². The summed E-state index contributed by atoms with van der Waals surface area (Å²) in [7, 11) is 0. The number of primary amides is 1. The number of H-pyrrole nitrogens is 1. The Morgan fingerprint density at radius 1 is 1.25 bits per heavy atom. The largest absolute Gasteiger partial charge is 0.369 e. The number of nitrogens with one attached hydrogen (secondary N) is 2. The Labute approximate surface area is 209 Å². The van der Waals surface area contributed by atoms with E-state index in [0.717, 1.165) is 37.8 Å². The van der Waals surface area contributed by atoms with Gasteiger partial charge in [-0.05, 0) is 58.1 Å². The first-order valence-electron chi connectivity index (χ1n) is 12.5. The smallest absolute Gasteiger partial charge is 0.225 e. The van der Waals surface area contributed by atoms with E-state index in [2.05, 4.69) is 15.3 Å². The third-order valence-electron chi connectivity index (χ3n) is 7.81. The lowest BCUT2D eigenvalue weighted by Crippen LogP contribution is -2.55. The summed E-state index contributed by atoms with van der Waals surface area (Å²) >= 11 is 0. The van der Waals surface area contributed by atoms with E-state index in [4.69, 9.17) is 5.73 Å². The van der Waals surface area contributed by atoms with Gasteiger partial charge in [-0.1, -0.05) is 6.42 Å². The average molecular weight is 502 g/mol. The number of rotatable bonds is 8. The quantitative estimate of drug-likeness (QED) is 0.512. The van der Waals surface area contributed by atoms with Crippen molar-refractivity contribution in [3.8, 4) is 11.3 Å². The summed E-state index contributed by atoms with van der Waals surface area (Å²) in [5.74, 6) is -3.10. The Morgan fingerprint density at radius 2 is 2.00 bits per heavy atom. The summed E-state index contributed by atoms with van der Waals surface area (Å²) < 4.78 is 27.4. The van der Waals surface area contributed by atoms with Gasteiger partial charge < -0.3 is 20.9 Å². The molecule has 0 bridgehead atoms. The number of nitrogens with two attached hydrogens (primary N) is 1. The lowest BCUT2D eigenvalue weighted by molar-refractivity contribution is -0.152. The number of nitrogens with zero attached hydrogens (tertiary/aromatic N) is 2. The predicted octanol–water partition coefficient (Wildman–Crippen LogP) is 3.60. The van der Waals surface area contributed by atoms with Gasteiger partial charge in [0.1, 0.15) is 17.5 Å². The van der Waals surface area contributed by atoms with Gasteiger partial charge in [0.2, 0.25) is 17.7 Å². The Bertz CT molecular complexity index is 1150. The number of halogens is 2. The maximum atomic E-state index is 14.2. The second-order valence-corrected chi connectivity index (χ2v) is 10.1. The number of carbonyl (C=O) groups is 3. The van der Waals surface area contributed by atoms with Crippen LogP contribution in [0.3, 0.4) is 0 Å². The van der Waals surface area contributed by atoms with E-state index >= 15 is 0 Å². The maximum absolute atomic E-state index is 14.2. The molecule has 2 aromatic rings. The number of piperidine rings is 1. The van der Waals surface area contributed by atoms with Crippen molar-refractivity contribution in [3.05, 3.63) is 41.9 Å². The zero-order valence-electron chi connectivity index (χ0n) is 20.7. The second kappa shape index (κ2) is 10.4. The highest BCUT2D eigenvalue weighted by atomic mass is 19.1. The molecule has 194 valence electrons. The number of hydrogen-bond acceptors (Lipinski definition) is 4. The molecule has 1 saturated heterocycles. The summed E-state index contributed by atoms with van der Waals surface area (Å²) in [5.41, 5.74) is 5.19. The molecule has 1 aliphatic heterocycles. The summed E-state index contributed by atoms with van der Waals surface area (Å²) in [6.45, 7) is 4.34. The van der Waals surface area contributed by atoms with Crippen LogP contribution in [-0.2, 0) is 14.4 Å². The third-order valence-corrected chi connectivity index (χ3v) is 7.81. The monoisotopic (exact) mass is 501 g/mol. The predicted molar refractivity (Wildman–Crippen MR) is 129 cm³/mol. The molecular formula is C26H33F2N5O3. The molecule has 2 heterocycles. The van der Waals surface area contributed by atoms with Crippen molar-refractivity contribution >= 4 is 17.7 Å². The lowest BCUT2D eigenvalue weighted by atomic mass is 9.59. The van der Waals surface area contributed by atoms with Crippen molar-refractivity contribution in [2.45, 2.75) is 70.9 Å². The topological polar surface area (TPSA) is 121 Å². The molecule has 0 unspecified atom stereocenters. The number of likely N-dealkylation sites (tertiary alicyclic amines) is 1. The van der Waals surface area contributed by atoms with Crippen LogP contribution in [0.2, 0.25) is 0 Å². The number of aromatic nitrogens is 2. The molecule has 0 spiro atoms. The van der Waals surface area contributed by atoms with E-state index in [1.807, 2.05) is 6.92 Å². The van der Waals surface area contributed by atoms with Gasteiger partial charge >= 0.3 is 0 Å². The molecule has 3 amide bonds. The molecule has 1 aromatic carbocycles. The summed E-state index contributed by atoms with van der Waals surface area (Å²) in [6.07, 6.45) is 5.90. The van der Waals surface area contributed by atoms with Gasteiger partial charge in [-0.2, -0.15) is 0 Å². The van der Waals surface area contributed by atoms with Gasteiger partial charge in [0.05, 0.1) is 29.3 Å². The van der Waals surface area contributed by atoms with Crippen molar-refractivity contribution in [1.29, 1.82) is 0 Å². The minimum absolute atomic E-state index is 0.0873. The highest BCUT2D eigenvalue weighted by Gasteiger charge is 2.53. The van der Waals surface area contributed by atoms with E-state index in [1.54, 1.807) is 11.8 Å². The van der Waals surface area contributed by atoms with E-state index < -0.39 is 40.8 Å². The first-order chi connectivity index (χ1) is 17.1. The van der Waals surface area contributed by atoms with Crippen LogP contribution in [0, 0.1) is 23.0 Å². The fourth-order valence-corrected chi connectivity index (χ4v) is 5.41. The Morgan fingerprint density at radius 3 is 2.61 bits per heavy atom. The molecular weight excluding hydrogens is 468 g/mol. The molecule has 8 nitrogen and oxygen atoms in total. The van der Waals surface area contributed by atoms with Crippen LogP contribution in [0.15, 0.2) is 24.4 Å². The molecule has 3 atom stereocenters. The molecule has 10 heteroatoms. The summed E-state index contributed by atoms with van der Waals surface area (Å²) in [6, 6.07) is 2.71. The normalized spacial score (nSPS) is 20.8. The van der Waals surface area contributed by atoms with E-state index in [1.165, 1.54) is 12.3 Å². The number of amides is 3. The van der Waals surface area contributed by atoms with Gasteiger partial charge in [0.15, 0.2) is 0 Å². The molecule has 4 rings (SSSR count). The van der Waals surface area contributed by atoms with E-state index in [-0.39, 0.29) is 23.9 Å². The zero-order chi connectivity index (χ0) is 26.0. The minimum atomic E-state index is -1.05. The molecule has 2 fully saturated rings. The maximum Gasteiger partial charge on any atom is 0.225 e. The van der Waals surface area contributed by atoms with Crippen molar-refractivity contribution in [1.82, 2.24) is 20.2 Å². The second-order valence-electron chi connectivity index (χ2n) is 10.1. The van der Waals surface area contributed by atoms with Crippen LogP contribution in [0.1, 0.15) is 70.7 Å². The van der Waals surface area contributed by atoms with Crippen LogP contribution in [0.4, 0.5) is 8.78 Å². The van der Waals surface area contributed by atoms with Crippen molar-refractivity contribution in [2.75, 3.05) is 6.54 Å². The molecule has 0 radical (unpaired) electrons. The van der Waals surface area contributed by atoms with Crippen LogP contribution in [0.5, 0.6) is 0 Å². The summed E-state index contributed by atoms with van der Waals surface area (Å²) in [5, 5.41) is 2.87. The van der Waals surface area contributed by atoms with E-state index in [9.17, 15) is 23.2 Å². The Kier molecular flexibility index (Phi) is 7.42. The first kappa shape index (κ1) is 25.8. The zero-order valence-corrected chi connectivity index (χ0v) is 20.7. The van der Waals surface area contributed by atoms with Crippen LogP contribution >= 0.6 is 0 Å². The average Bonchev–Trinajstić information content (AvgIpc) is 3.27. The van der Waals surface area contributed by atoms with Crippen LogP contribution < -0.4 is 11.1 Å². The number of carbonyl (C=O) groups excluding carboxylic acids is 3. The molecule has 1 saturated carbocycles. The Balaban J connectivity index is 1.52. The number of benzene rings is 1. The lowest BCUT2D eigenvalue weighted by Gasteiger charge is -2.45. The minimum Gasteiger partial charge on any atom is -0.369 e. The molecule has 2 aliphatic rings. The third kappa shape index (κ3) is 4.99. The molecule has 36 heavy (non-hydrogen) atoms. The van der Waals surface area contributed by atoms with Gasteiger partial charge in [-0.15, -0.1) is 0 Å². The number of imidazole rings is 1. The highest BCUT2D eigenvalue weighted by Crippen LogP contribution is 2.49. The van der Waals surface area contributed by atoms with Gasteiger partial charge in [-0.3, -0.25) is 14.4 Å². The van der Waals surface area contributed by atoms with Gasteiger partial charge in [0.25, 0.3) is 0 Å². The van der Waals surface area contributed by atoms with Crippen LogP contribution in [0.25, 0.3) is 11.3 Å². The van der Waals surface area contributed by atoms with Crippen LogP contribution in [-0.4, -0.2) is 45.2 Å². The van der Waals surface area contributed by atoms with Gasteiger partial charge in [0, 0.05) is 30.6 Å². The molecule has 1 aromatic heterocycles. The fraction of sp³-hybridized carbons (Fsp3) is 0.538. The van der Waals surface area contributed by atoms with Crippen molar-refractivity contribution in [2.24, 2.45) is 17.1 Å². The fourth-order valence-electron chi connectivity index (χ4n) is 5.41. The SMILES string of the molecule is C[C@H](NC(=O)[C@@H](CC(=O)N1CCCC[C@@H]1C)C1(C(N)=O)CCC1)c1ncc(-c2ccc(F)cc2F)[nH]1. The highest BCUT2D eigenvalue weighted by molar-refractivity contribution is 5.93. The van der Waals surface area contributed by atoms with E-state index in [0.29, 0.717) is 30.9 Å². The summed E-state index contributed by atoms with van der Waals surface area (Å²) in [4.78, 5) is 48.2. The number of aromatic amines is 1.